The Morgan fingerprint density at radius 1 is 1.16 bits per heavy atom. The number of aromatic amines is 1. The fraction of sp³-hybridized carbons (Fsp3) is 0.263. The molecule has 6 heteroatoms. The minimum absolute atomic E-state index is 0.584. The molecule has 5 nitrogen and oxygen atoms in total. The maximum atomic E-state index is 6.02. The molecule has 1 aromatic heterocycles. The van der Waals surface area contributed by atoms with E-state index < -0.39 is 0 Å². The van der Waals surface area contributed by atoms with Gasteiger partial charge < -0.3 is 15.6 Å². The smallest absolute Gasteiger partial charge is 0.191 e. The molecule has 0 aliphatic heterocycles. The Kier molecular flexibility index (Phi) is 5.90. The number of guanidine groups is 1. The van der Waals surface area contributed by atoms with Crippen LogP contribution in [0, 0.1) is 0 Å². The van der Waals surface area contributed by atoms with E-state index in [4.69, 9.17) is 11.6 Å². The van der Waals surface area contributed by atoms with Gasteiger partial charge in [-0.05, 0) is 36.8 Å². The number of nitrogens with zero attached hydrogens (tertiary/aromatic N) is 2. The van der Waals surface area contributed by atoms with Crippen LogP contribution in [0.5, 0.6) is 0 Å². The maximum Gasteiger partial charge on any atom is 0.191 e. The molecule has 0 saturated carbocycles. The van der Waals surface area contributed by atoms with Crippen molar-refractivity contribution in [1.82, 2.24) is 20.6 Å². The van der Waals surface area contributed by atoms with E-state index in [1.165, 1.54) is 0 Å². The van der Waals surface area contributed by atoms with Crippen molar-refractivity contribution in [1.29, 1.82) is 0 Å². The predicted octanol–water partition coefficient (Wildman–Crippen LogP) is 3.51. The molecule has 0 amide bonds. The SMILES string of the molecule is CCNC(=NCc1cccc(Cl)c1)NCCc1nc2ccccc2[nH]1. The zero-order chi connectivity index (χ0) is 17.5. The lowest BCUT2D eigenvalue weighted by atomic mass is 10.2. The third-order valence-corrected chi connectivity index (χ3v) is 3.98. The van der Waals surface area contributed by atoms with Gasteiger partial charge in [0.2, 0.25) is 0 Å². The first-order valence-corrected chi connectivity index (χ1v) is 8.82. The normalized spacial score (nSPS) is 11.7. The van der Waals surface area contributed by atoms with Crippen LogP contribution in [0.2, 0.25) is 5.02 Å². The first-order chi connectivity index (χ1) is 12.2. The number of aromatic nitrogens is 2. The van der Waals surface area contributed by atoms with Crippen molar-refractivity contribution in [3.63, 3.8) is 0 Å². The lowest BCUT2D eigenvalue weighted by Gasteiger charge is -2.10. The lowest BCUT2D eigenvalue weighted by Crippen LogP contribution is -2.38. The summed E-state index contributed by atoms with van der Waals surface area (Å²) in [5, 5.41) is 7.33. The van der Waals surface area contributed by atoms with E-state index >= 15 is 0 Å². The van der Waals surface area contributed by atoms with Crippen molar-refractivity contribution in [3.05, 3.63) is 64.9 Å². The molecule has 2 aromatic carbocycles. The Morgan fingerprint density at radius 2 is 2.04 bits per heavy atom. The number of para-hydroxylation sites is 2. The van der Waals surface area contributed by atoms with E-state index in [-0.39, 0.29) is 0 Å². The summed E-state index contributed by atoms with van der Waals surface area (Å²) in [6.45, 7) is 4.20. The molecule has 0 unspecified atom stereocenters. The fourth-order valence-electron chi connectivity index (χ4n) is 2.57. The average molecular weight is 356 g/mol. The summed E-state index contributed by atoms with van der Waals surface area (Å²) in [4.78, 5) is 12.5. The number of hydrogen-bond acceptors (Lipinski definition) is 2. The molecule has 0 radical (unpaired) electrons. The van der Waals surface area contributed by atoms with Crippen molar-refractivity contribution in [2.24, 2.45) is 4.99 Å². The van der Waals surface area contributed by atoms with Gasteiger partial charge in [-0.3, -0.25) is 0 Å². The van der Waals surface area contributed by atoms with Crippen LogP contribution in [-0.4, -0.2) is 29.0 Å². The Labute approximate surface area is 152 Å². The molecule has 3 rings (SSSR count). The number of rotatable bonds is 6. The van der Waals surface area contributed by atoms with Gasteiger partial charge in [0.15, 0.2) is 5.96 Å². The summed E-state index contributed by atoms with van der Waals surface area (Å²) in [5.74, 6) is 1.76. The van der Waals surface area contributed by atoms with Crippen LogP contribution in [-0.2, 0) is 13.0 Å². The highest BCUT2D eigenvalue weighted by Crippen LogP contribution is 2.11. The van der Waals surface area contributed by atoms with Gasteiger partial charge >= 0.3 is 0 Å². The highest BCUT2D eigenvalue weighted by Gasteiger charge is 2.03. The number of benzene rings is 2. The van der Waals surface area contributed by atoms with Crippen LogP contribution in [0.4, 0.5) is 0 Å². The Morgan fingerprint density at radius 3 is 2.84 bits per heavy atom. The first-order valence-electron chi connectivity index (χ1n) is 8.45. The van der Waals surface area contributed by atoms with Crippen LogP contribution in [0.15, 0.2) is 53.5 Å². The predicted molar refractivity (Wildman–Crippen MR) is 104 cm³/mol. The average Bonchev–Trinajstić information content (AvgIpc) is 3.02. The van der Waals surface area contributed by atoms with E-state index in [1.807, 2.05) is 48.5 Å². The number of halogens is 1. The van der Waals surface area contributed by atoms with Gasteiger partial charge in [-0.2, -0.15) is 0 Å². The zero-order valence-electron chi connectivity index (χ0n) is 14.2. The van der Waals surface area contributed by atoms with Crippen LogP contribution < -0.4 is 10.6 Å². The molecule has 3 aromatic rings. The van der Waals surface area contributed by atoms with Gasteiger partial charge in [0.05, 0.1) is 17.6 Å². The number of nitrogens with one attached hydrogen (secondary N) is 3. The summed E-state index contributed by atoms with van der Waals surface area (Å²) >= 11 is 6.02. The van der Waals surface area contributed by atoms with Crippen molar-refractivity contribution < 1.29 is 0 Å². The van der Waals surface area contributed by atoms with Gasteiger partial charge in [0, 0.05) is 24.5 Å². The quantitative estimate of drug-likeness (QED) is 0.468. The third kappa shape index (κ3) is 4.97. The van der Waals surface area contributed by atoms with E-state index in [1.54, 1.807) is 0 Å². The van der Waals surface area contributed by atoms with E-state index in [2.05, 4.69) is 32.5 Å². The van der Waals surface area contributed by atoms with Gasteiger partial charge in [-0.25, -0.2) is 9.98 Å². The molecule has 0 fully saturated rings. The summed E-state index contributed by atoms with van der Waals surface area (Å²) in [6, 6.07) is 15.8. The first kappa shape index (κ1) is 17.3. The molecule has 3 N–H and O–H groups in total. The summed E-state index contributed by atoms with van der Waals surface area (Å²) in [7, 11) is 0. The minimum atomic E-state index is 0.584. The number of H-pyrrole nitrogens is 1. The molecule has 0 bridgehead atoms. The monoisotopic (exact) mass is 355 g/mol. The van der Waals surface area contributed by atoms with E-state index in [0.717, 1.165) is 52.9 Å². The van der Waals surface area contributed by atoms with Crippen LogP contribution in [0.3, 0.4) is 0 Å². The summed E-state index contributed by atoms with van der Waals surface area (Å²) in [5.41, 5.74) is 3.15. The molecule has 0 spiro atoms. The maximum absolute atomic E-state index is 6.02. The molecular formula is C19H22ClN5. The van der Waals surface area contributed by atoms with Gasteiger partial charge in [-0.1, -0.05) is 35.9 Å². The summed E-state index contributed by atoms with van der Waals surface area (Å²) < 4.78 is 0. The van der Waals surface area contributed by atoms with Crippen LogP contribution in [0.25, 0.3) is 11.0 Å². The highest BCUT2D eigenvalue weighted by molar-refractivity contribution is 6.30. The van der Waals surface area contributed by atoms with Gasteiger partial charge in [-0.15, -0.1) is 0 Å². The van der Waals surface area contributed by atoms with Crippen molar-refractivity contribution >= 4 is 28.6 Å². The van der Waals surface area contributed by atoms with Crippen LogP contribution >= 0.6 is 11.6 Å². The summed E-state index contributed by atoms with van der Waals surface area (Å²) in [6.07, 6.45) is 0.802. The van der Waals surface area contributed by atoms with Crippen LogP contribution in [0.1, 0.15) is 18.3 Å². The topological polar surface area (TPSA) is 65.1 Å². The molecule has 0 aliphatic carbocycles. The van der Waals surface area contributed by atoms with Gasteiger partial charge in [0.25, 0.3) is 0 Å². The molecular weight excluding hydrogens is 334 g/mol. The second kappa shape index (κ2) is 8.53. The second-order valence-electron chi connectivity index (χ2n) is 5.70. The Hall–Kier alpha value is -2.53. The van der Waals surface area contributed by atoms with Crippen molar-refractivity contribution in [2.75, 3.05) is 13.1 Å². The van der Waals surface area contributed by atoms with Gasteiger partial charge in [0.1, 0.15) is 5.82 Å². The van der Waals surface area contributed by atoms with Crippen molar-refractivity contribution in [2.45, 2.75) is 19.9 Å². The lowest BCUT2D eigenvalue weighted by molar-refractivity contribution is 0.780. The largest absolute Gasteiger partial charge is 0.357 e. The highest BCUT2D eigenvalue weighted by atomic mass is 35.5. The second-order valence-corrected chi connectivity index (χ2v) is 6.14. The molecule has 0 saturated heterocycles. The van der Waals surface area contributed by atoms with E-state index in [9.17, 15) is 0 Å². The molecule has 25 heavy (non-hydrogen) atoms. The number of fused-ring (bicyclic) bond motifs is 1. The minimum Gasteiger partial charge on any atom is -0.357 e. The standard InChI is InChI=1S/C19H22ClN5/c1-2-21-19(23-13-14-6-5-7-15(20)12-14)22-11-10-18-24-16-8-3-4-9-17(16)25-18/h3-9,12H,2,10-11,13H2,1H3,(H,24,25)(H2,21,22,23). The third-order valence-electron chi connectivity index (χ3n) is 3.75. The number of imidazole rings is 1. The zero-order valence-corrected chi connectivity index (χ0v) is 15.0. The molecule has 1 heterocycles. The fourth-order valence-corrected chi connectivity index (χ4v) is 2.78. The van der Waals surface area contributed by atoms with Crippen molar-refractivity contribution in [3.8, 4) is 0 Å². The molecule has 0 aliphatic rings. The van der Waals surface area contributed by atoms with E-state index in [0.29, 0.717) is 6.54 Å². The molecule has 0 atom stereocenters. The molecule has 130 valence electrons. The number of hydrogen-bond donors (Lipinski definition) is 3. The Bertz CT molecular complexity index is 823. The Balaban J connectivity index is 1.56. The number of aliphatic imine (C=N–C) groups is 1.